The average Bonchev–Trinajstić information content (AvgIpc) is 2.37. The molecule has 1 aromatic carbocycles. The number of hydrogen-bond acceptors (Lipinski definition) is 2. The summed E-state index contributed by atoms with van der Waals surface area (Å²) >= 11 is 0. The quantitative estimate of drug-likeness (QED) is 0.809. The molecule has 1 saturated carbocycles. The van der Waals surface area contributed by atoms with Crippen LogP contribution in [-0.4, -0.2) is 15.8 Å². The van der Waals surface area contributed by atoms with Crippen LogP contribution in [0.1, 0.15) is 52.5 Å². The van der Waals surface area contributed by atoms with E-state index in [0.29, 0.717) is 0 Å². The first kappa shape index (κ1) is 16.0. The summed E-state index contributed by atoms with van der Waals surface area (Å²) in [7, 11) is 0. The molecule has 2 nitrogen and oxygen atoms in total. The Bertz CT molecular complexity index is 540. The van der Waals surface area contributed by atoms with Crippen molar-refractivity contribution in [3.05, 3.63) is 53.3 Å². The highest BCUT2D eigenvalue weighted by molar-refractivity contribution is 5.30. The Balaban J connectivity index is 2.44. The third-order valence-electron chi connectivity index (χ3n) is 4.54. The molecular weight excluding hydrogens is 260 g/mol. The molecule has 0 saturated heterocycles. The fourth-order valence-electron chi connectivity index (χ4n) is 3.28. The number of hydrogen-bond donors (Lipinski definition) is 2. The highest BCUT2D eigenvalue weighted by Gasteiger charge is 2.40. The van der Waals surface area contributed by atoms with Crippen molar-refractivity contribution < 1.29 is 10.2 Å². The molecule has 0 aliphatic heterocycles. The smallest absolute Gasteiger partial charge is 0.112 e. The summed E-state index contributed by atoms with van der Waals surface area (Å²) in [6, 6.07) is 9.54. The largest absolute Gasteiger partial charge is 0.385 e. The fraction of sp³-hybridized carbons (Fsp3) is 0.526. The Labute approximate surface area is 127 Å². The van der Waals surface area contributed by atoms with Gasteiger partial charge >= 0.3 is 0 Å². The molecule has 1 unspecified atom stereocenters. The third-order valence-corrected chi connectivity index (χ3v) is 4.54. The van der Waals surface area contributed by atoms with Crippen LogP contribution < -0.4 is 0 Å². The van der Waals surface area contributed by atoms with Gasteiger partial charge in [-0.15, -0.1) is 5.73 Å². The van der Waals surface area contributed by atoms with Crippen molar-refractivity contribution in [3.63, 3.8) is 0 Å². The van der Waals surface area contributed by atoms with Gasteiger partial charge in [0.2, 0.25) is 0 Å². The van der Waals surface area contributed by atoms with Gasteiger partial charge in [-0.05, 0) is 50.2 Å². The third kappa shape index (κ3) is 3.47. The van der Waals surface area contributed by atoms with E-state index in [9.17, 15) is 10.2 Å². The molecule has 0 spiro atoms. The second-order valence-electron chi connectivity index (χ2n) is 7.19. The second kappa shape index (κ2) is 5.46. The van der Waals surface area contributed by atoms with Gasteiger partial charge in [0.05, 0.1) is 5.60 Å². The van der Waals surface area contributed by atoms with Gasteiger partial charge in [0.1, 0.15) is 5.60 Å². The first-order chi connectivity index (χ1) is 9.65. The zero-order chi connectivity index (χ0) is 15.7. The summed E-state index contributed by atoms with van der Waals surface area (Å²) in [6.07, 6.45) is 4.48. The van der Waals surface area contributed by atoms with E-state index in [0.717, 1.165) is 30.4 Å². The summed E-state index contributed by atoms with van der Waals surface area (Å²) in [6.45, 7) is 7.86. The van der Waals surface area contributed by atoms with Crippen molar-refractivity contribution in [2.24, 2.45) is 5.41 Å². The van der Waals surface area contributed by atoms with Gasteiger partial charge in [0.25, 0.3) is 0 Å². The van der Waals surface area contributed by atoms with E-state index in [1.807, 2.05) is 37.3 Å². The molecule has 2 atom stereocenters. The fourth-order valence-corrected chi connectivity index (χ4v) is 3.28. The van der Waals surface area contributed by atoms with Gasteiger partial charge in [-0.2, -0.15) is 0 Å². The lowest BCUT2D eigenvalue weighted by molar-refractivity contribution is 0.0398. The van der Waals surface area contributed by atoms with E-state index >= 15 is 0 Å². The van der Waals surface area contributed by atoms with Crippen LogP contribution in [0.3, 0.4) is 0 Å². The molecule has 1 fully saturated rings. The Hall–Kier alpha value is -1.34. The highest BCUT2D eigenvalue weighted by atomic mass is 16.3. The maximum absolute atomic E-state index is 10.6. The van der Waals surface area contributed by atoms with Crippen LogP contribution in [0.25, 0.3) is 0 Å². The average molecular weight is 286 g/mol. The van der Waals surface area contributed by atoms with Crippen LogP contribution in [0, 0.1) is 5.41 Å². The molecule has 1 aliphatic carbocycles. The molecule has 0 amide bonds. The SMILES string of the molecule is CC1(C)CCC[C@@](C)(O)C1=C=CC(C)(O)c1ccccc1. The van der Waals surface area contributed by atoms with Crippen LogP contribution in [-0.2, 0) is 5.60 Å². The lowest BCUT2D eigenvalue weighted by Crippen LogP contribution is -2.39. The number of rotatable bonds is 2. The van der Waals surface area contributed by atoms with Gasteiger partial charge in [0, 0.05) is 5.57 Å². The Morgan fingerprint density at radius 2 is 1.76 bits per heavy atom. The van der Waals surface area contributed by atoms with Crippen molar-refractivity contribution in [1.82, 2.24) is 0 Å². The van der Waals surface area contributed by atoms with E-state index < -0.39 is 11.2 Å². The minimum Gasteiger partial charge on any atom is -0.385 e. The van der Waals surface area contributed by atoms with Crippen LogP contribution in [0.4, 0.5) is 0 Å². The second-order valence-corrected chi connectivity index (χ2v) is 7.19. The molecule has 2 heteroatoms. The number of aliphatic hydroxyl groups is 2. The van der Waals surface area contributed by atoms with Crippen molar-refractivity contribution in [3.8, 4) is 0 Å². The molecule has 1 aliphatic rings. The predicted octanol–water partition coefficient (Wildman–Crippen LogP) is 3.94. The molecule has 1 aromatic rings. The predicted molar refractivity (Wildman–Crippen MR) is 85.9 cm³/mol. The molecular formula is C19H26O2. The number of benzene rings is 1. The van der Waals surface area contributed by atoms with Crippen molar-refractivity contribution in [1.29, 1.82) is 0 Å². The molecule has 0 aromatic heterocycles. The lowest BCUT2D eigenvalue weighted by atomic mass is 9.66. The molecule has 0 bridgehead atoms. The first-order valence-electron chi connectivity index (χ1n) is 7.64. The summed E-state index contributed by atoms with van der Waals surface area (Å²) < 4.78 is 0. The van der Waals surface area contributed by atoms with Crippen molar-refractivity contribution in [2.45, 2.75) is 58.2 Å². The van der Waals surface area contributed by atoms with Crippen LogP contribution in [0.5, 0.6) is 0 Å². The van der Waals surface area contributed by atoms with Crippen LogP contribution in [0.15, 0.2) is 47.7 Å². The van der Waals surface area contributed by atoms with Gasteiger partial charge in [-0.25, -0.2) is 0 Å². The summed E-state index contributed by atoms with van der Waals surface area (Å²) in [5, 5.41) is 21.3. The maximum atomic E-state index is 10.6. The zero-order valence-electron chi connectivity index (χ0n) is 13.5. The normalized spacial score (nSPS) is 27.6. The van der Waals surface area contributed by atoms with E-state index in [2.05, 4.69) is 19.6 Å². The molecule has 114 valence electrons. The Kier molecular flexibility index (Phi) is 4.17. The van der Waals surface area contributed by atoms with Crippen molar-refractivity contribution >= 4 is 0 Å². The monoisotopic (exact) mass is 286 g/mol. The van der Waals surface area contributed by atoms with Crippen LogP contribution >= 0.6 is 0 Å². The first-order valence-corrected chi connectivity index (χ1v) is 7.64. The highest BCUT2D eigenvalue weighted by Crippen LogP contribution is 2.45. The van der Waals surface area contributed by atoms with E-state index in [1.54, 1.807) is 13.0 Å². The van der Waals surface area contributed by atoms with Gasteiger partial charge in [-0.1, -0.05) is 44.2 Å². The lowest BCUT2D eigenvalue weighted by Gasteiger charge is -2.41. The van der Waals surface area contributed by atoms with E-state index in [1.165, 1.54) is 0 Å². The molecule has 21 heavy (non-hydrogen) atoms. The van der Waals surface area contributed by atoms with Crippen LogP contribution in [0.2, 0.25) is 0 Å². The van der Waals surface area contributed by atoms with Gasteiger partial charge in [0.15, 0.2) is 0 Å². The Morgan fingerprint density at radius 1 is 1.14 bits per heavy atom. The molecule has 0 radical (unpaired) electrons. The maximum Gasteiger partial charge on any atom is 0.112 e. The summed E-state index contributed by atoms with van der Waals surface area (Å²) in [4.78, 5) is 0. The molecule has 0 heterocycles. The molecule has 2 rings (SSSR count). The minimum atomic E-state index is -1.09. The van der Waals surface area contributed by atoms with Gasteiger partial charge < -0.3 is 10.2 Å². The standard InChI is InChI=1S/C19H26O2/c1-17(2)12-8-13-19(4,21)16(17)11-14-18(3,20)15-9-6-5-7-10-15/h5-7,9-10,14,20-21H,8,12-13H2,1-4H3/t11?,18?,19-/m1/s1. The molecule has 2 N–H and O–H groups in total. The topological polar surface area (TPSA) is 40.5 Å². The van der Waals surface area contributed by atoms with Gasteiger partial charge in [-0.3, -0.25) is 0 Å². The summed E-state index contributed by atoms with van der Waals surface area (Å²) in [5.74, 6) is 0. The van der Waals surface area contributed by atoms with E-state index in [4.69, 9.17) is 0 Å². The van der Waals surface area contributed by atoms with E-state index in [-0.39, 0.29) is 5.41 Å². The minimum absolute atomic E-state index is 0.0922. The Morgan fingerprint density at radius 3 is 2.33 bits per heavy atom. The van der Waals surface area contributed by atoms with Crippen molar-refractivity contribution in [2.75, 3.05) is 0 Å². The summed E-state index contributed by atoms with van der Waals surface area (Å²) in [5.41, 5.74) is 2.92. The zero-order valence-corrected chi connectivity index (χ0v) is 13.5.